The number of hydrogen-bond acceptors (Lipinski definition) is 3. The molecular formula is C21H30O3S. The Hall–Kier alpha value is -1.39. The molecule has 1 aliphatic rings. The molecule has 2 atom stereocenters. The summed E-state index contributed by atoms with van der Waals surface area (Å²) in [7, 11) is -3.55. The van der Waals surface area contributed by atoms with Crippen LogP contribution >= 0.6 is 0 Å². The third kappa shape index (κ3) is 4.42. The Morgan fingerprint density at radius 3 is 2.52 bits per heavy atom. The Kier molecular flexibility index (Phi) is 6.28. The van der Waals surface area contributed by atoms with Gasteiger partial charge in [0.2, 0.25) is 0 Å². The molecule has 4 heteroatoms. The Balaban J connectivity index is 2.40. The SMILES string of the molecule is C=C1CCCC(C)(C)C1CC(C(=C)CCO)S(=O)(=O)c1ccccc1. The van der Waals surface area contributed by atoms with Crippen LogP contribution in [0.2, 0.25) is 0 Å². The van der Waals surface area contributed by atoms with E-state index in [1.165, 1.54) is 0 Å². The van der Waals surface area contributed by atoms with Crippen LogP contribution in [0.25, 0.3) is 0 Å². The van der Waals surface area contributed by atoms with Crippen LogP contribution in [0.4, 0.5) is 0 Å². The smallest absolute Gasteiger partial charge is 0.185 e. The fourth-order valence-electron chi connectivity index (χ4n) is 3.96. The fraction of sp³-hybridized carbons (Fsp3) is 0.524. The van der Waals surface area contributed by atoms with Crippen LogP contribution in [-0.4, -0.2) is 25.4 Å². The summed E-state index contributed by atoms with van der Waals surface area (Å²) >= 11 is 0. The van der Waals surface area contributed by atoms with Gasteiger partial charge in [0.15, 0.2) is 9.84 Å². The van der Waals surface area contributed by atoms with Gasteiger partial charge in [-0.15, -0.1) is 0 Å². The first-order valence-electron chi connectivity index (χ1n) is 8.95. The van der Waals surface area contributed by atoms with E-state index in [9.17, 15) is 13.5 Å². The maximum absolute atomic E-state index is 13.3. The van der Waals surface area contributed by atoms with E-state index in [1.54, 1.807) is 24.3 Å². The quantitative estimate of drug-likeness (QED) is 0.725. The van der Waals surface area contributed by atoms with E-state index in [0.717, 1.165) is 24.8 Å². The lowest BCUT2D eigenvalue weighted by Crippen LogP contribution is -2.35. The van der Waals surface area contributed by atoms with E-state index in [4.69, 9.17) is 0 Å². The molecule has 1 fully saturated rings. The van der Waals surface area contributed by atoms with E-state index >= 15 is 0 Å². The van der Waals surface area contributed by atoms with Crippen molar-refractivity contribution < 1.29 is 13.5 Å². The first-order valence-corrected chi connectivity index (χ1v) is 10.5. The molecule has 25 heavy (non-hydrogen) atoms. The fourth-order valence-corrected chi connectivity index (χ4v) is 5.83. The molecule has 0 aliphatic heterocycles. The zero-order valence-corrected chi connectivity index (χ0v) is 16.2. The normalized spacial score (nSPS) is 21.7. The van der Waals surface area contributed by atoms with Gasteiger partial charge in [-0.1, -0.05) is 56.4 Å². The first kappa shape index (κ1) is 19.9. The minimum Gasteiger partial charge on any atom is -0.396 e. The zero-order chi connectivity index (χ0) is 18.7. The summed E-state index contributed by atoms with van der Waals surface area (Å²) in [6.45, 7) is 12.5. The van der Waals surface area contributed by atoms with Gasteiger partial charge in [0, 0.05) is 6.61 Å². The molecule has 0 radical (unpaired) electrons. The molecule has 0 amide bonds. The molecule has 2 unspecified atom stereocenters. The molecule has 0 spiro atoms. The van der Waals surface area contributed by atoms with Crippen LogP contribution < -0.4 is 0 Å². The second kappa shape index (κ2) is 7.88. The molecular weight excluding hydrogens is 332 g/mol. The zero-order valence-electron chi connectivity index (χ0n) is 15.4. The third-order valence-corrected chi connectivity index (χ3v) is 7.74. The average Bonchev–Trinajstić information content (AvgIpc) is 2.54. The lowest BCUT2D eigenvalue weighted by molar-refractivity contribution is 0.180. The van der Waals surface area contributed by atoms with Gasteiger partial charge in [0.05, 0.1) is 10.1 Å². The van der Waals surface area contributed by atoms with Gasteiger partial charge in [-0.05, 0) is 55.6 Å². The summed E-state index contributed by atoms with van der Waals surface area (Å²) in [6.07, 6.45) is 3.92. The Morgan fingerprint density at radius 2 is 1.96 bits per heavy atom. The van der Waals surface area contributed by atoms with E-state index in [0.29, 0.717) is 23.3 Å². The van der Waals surface area contributed by atoms with Crippen molar-refractivity contribution in [3.05, 3.63) is 54.6 Å². The second-order valence-electron chi connectivity index (χ2n) is 7.77. The largest absolute Gasteiger partial charge is 0.396 e. The van der Waals surface area contributed by atoms with E-state index in [2.05, 4.69) is 27.0 Å². The molecule has 1 saturated carbocycles. The molecule has 3 nitrogen and oxygen atoms in total. The number of hydrogen-bond donors (Lipinski definition) is 1. The van der Waals surface area contributed by atoms with Crippen LogP contribution in [0.5, 0.6) is 0 Å². The number of allylic oxidation sites excluding steroid dienone is 1. The number of aliphatic hydroxyl groups excluding tert-OH is 1. The summed E-state index contributed by atoms with van der Waals surface area (Å²) in [5, 5.41) is 8.62. The van der Waals surface area contributed by atoms with Gasteiger partial charge in [-0.2, -0.15) is 0 Å². The first-order chi connectivity index (χ1) is 11.7. The summed E-state index contributed by atoms with van der Waals surface area (Å²) in [6, 6.07) is 8.55. The van der Waals surface area contributed by atoms with Crippen LogP contribution in [-0.2, 0) is 9.84 Å². The number of rotatable bonds is 7. The van der Waals surface area contributed by atoms with Crippen molar-refractivity contribution in [2.75, 3.05) is 6.61 Å². The molecule has 0 saturated heterocycles. The summed E-state index contributed by atoms with van der Waals surface area (Å²) < 4.78 is 26.5. The molecule has 1 aromatic carbocycles. The second-order valence-corrected chi connectivity index (χ2v) is 9.90. The standard InChI is InChI=1S/C21H30O3S/c1-16-9-8-13-21(3,4)19(16)15-20(17(2)12-14-22)25(23,24)18-10-6-5-7-11-18/h5-7,10-11,19-20,22H,1-2,8-9,12-15H2,3-4H3. The minimum absolute atomic E-state index is 0.0271. The summed E-state index contributed by atoms with van der Waals surface area (Å²) in [5.41, 5.74) is 1.75. The molecule has 0 heterocycles. The van der Waals surface area contributed by atoms with E-state index in [1.807, 2.05) is 6.07 Å². The highest BCUT2D eigenvalue weighted by Gasteiger charge is 2.40. The Bertz CT molecular complexity index is 717. The number of benzene rings is 1. The van der Waals surface area contributed by atoms with Crippen LogP contribution in [0, 0.1) is 11.3 Å². The summed E-state index contributed by atoms with van der Waals surface area (Å²) in [4.78, 5) is 0.318. The topological polar surface area (TPSA) is 54.4 Å². The van der Waals surface area contributed by atoms with E-state index < -0.39 is 15.1 Å². The van der Waals surface area contributed by atoms with Crippen molar-refractivity contribution in [3.63, 3.8) is 0 Å². The van der Waals surface area contributed by atoms with Crippen LogP contribution in [0.15, 0.2) is 59.5 Å². The van der Waals surface area contributed by atoms with Gasteiger partial charge in [0.25, 0.3) is 0 Å². The predicted molar refractivity (Wildman–Crippen MR) is 103 cm³/mol. The van der Waals surface area contributed by atoms with Crippen molar-refractivity contribution in [2.24, 2.45) is 11.3 Å². The molecule has 0 bridgehead atoms. The highest BCUT2D eigenvalue weighted by molar-refractivity contribution is 7.92. The predicted octanol–water partition coefficient (Wildman–Crippen LogP) is 4.54. The van der Waals surface area contributed by atoms with Gasteiger partial charge in [0.1, 0.15) is 0 Å². The molecule has 1 N–H and O–H groups in total. The lowest BCUT2D eigenvalue weighted by Gasteiger charge is -2.42. The van der Waals surface area contributed by atoms with Crippen LogP contribution in [0.3, 0.4) is 0 Å². The minimum atomic E-state index is -3.55. The maximum Gasteiger partial charge on any atom is 0.185 e. The molecule has 1 aromatic rings. The van der Waals surface area contributed by atoms with Crippen molar-refractivity contribution in [1.82, 2.24) is 0 Å². The van der Waals surface area contributed by atoms with Crippen molar-refractivity contribution in [2.45, 2.75) is 56.1 Å². The Morgan fingerprint density at radius 1 is 1.32 bits per heavy atom. The molecule has 2 rings (SSSR count). The van der Waals surface area contributed by atoms with Crippen molar-refractivity contribution >= 4 is 9.84 Å². The molecule has 0 aromatic heterocycles. The van der Waals surface area contributed by atoms with Crippen molar-refractivity contribution in [3.8, 4) is 0 Å². The van der Waals surface area contributed by atoms with Gasteiger partial charge in [-0.3, -0.25) is 0 Å². The molecule has 138 valence electrons. The maximum atomic E-state index is 13.3. The molecule has 1 aliphatic carbocycles. The van der Waals surface area contributed by atoms with Crippen molar-refractivity contribution in [1.29, 1.82) is 0 Å². The Labute approximate surface area is 152 Å². The third-order valence-electron chi connectivity index (χ3n) is 5.54. The van der Waals surface area contributed by atoms with Gasteiger partial charge < -0.3 is 5.11 Å². The average molecular weight is 363 g/mol. The number of aliphatic hydroxyl groups is 1. The number of sulfone groups is 1. The van der Waals surface area contributed by atoms with Crippen LogP contribution in [0.1, 0.15) is 46.0 Å². The highest BCUT2D eigenvalue weighted by atomic mass is 32.2. The van der Waals surface area contributed by atoms with Gasteiger partial charge in [-0.25, -0.2) is 8.42 Å². The monoisotopic (exact) mass is 362 g/mol. The van der Waals surface area contributed by atoms with Gasteiger partial charge >= 0.3 is 0 Å². The highest BCUT2D eigenvalue weighted by Crippen LogP contribution is 2.47. The van der Waals surface area contributed by atoms with E-state index in [-0.39, 0.29) is 17.9 Å². The lowest BCUT2D eigenvalue weighted by atomic mass is 9.65. The summed E-state index contributed by atoms with van der Waals surface area (Å²) in [5.74, 6) is 0.139.